The molecule has 9 nitrogen and oxygen atoms in total. The van der Waals surface area contributed by atoms with Gasteiger partial charge in [0.2, 0.25) is 0 Å². The molecule has 2 saturated heterocycles. The van der Waals surface area contributed by atoms with E-state index in [1.54, 1.807) is 26.2 Å². The van der Waals surface area contributed by atoms with Crippen LogP contribution >= 0.6 is 0 Å². The van der Waals surface area contributed by atoms with Gasteiger partial charge in [-0.3, -0.25) is 9.59 Å². The average Bonchev–Trinajstić information content (AvgIpc) is 3.33. The van der Waals surface area contributed by atoms with E-state index in [1.165, 1.54) is 0 Å². The lowest BCUT2D eigenvalue weighted by Gasteiger charge is -2.56. The molecule has 260 valence electrons. The fraction of sp³-hybridized carbons (Fsp3) is 0.500. The molecule has 2 aromatic carbocycles. The molecule has 7 atom stereocenters. The summed E-state index contributed by atoms with van der Waals surface area (Å²) < 4.78 is 38.1. The molecule has 0 radical (unpaired) electrons. The smallest absolute Gasteiger partial charge is 0.310 e. The molecular weight excluding hydrogens is 624 g/mol. The van der Waals surface area contributed by atoms with Crippen LogP contribution in [0.2, 0.25) is 0 Å². The van der Waals surface area contributed by atoms with Crippen molar-refractivity contribution in [2.75, 3.05) is 13.7 Å². The van der Waals surface area contributed by atoms with E-state index in [-0.39, 0.29) is 25.2 Å². The Kier molecular flexibility index (Phi) is 8.02. The predicted octanol–water partition coefficient (Wildman–Crippen LogP) is 5.97. The summed E-state index contributed by atoms with van der Waals surface area (Å²) in [5.41, 5.74) is -0.400. The van der Waals surface area contributed by atoms with Crippen LogP contribution in [0, 0.1) is 11.8 Å². The van der Waals surface area contributed by atoms with Crippen molar-refractivity contribution in [1.29, 1.82) is 0 Å². The highest BCUT2D eigenvalue weighted by molar-refractivity contribution is 6.04. The summed E-state index contributed by atoms with van der Waals surface area (Å²) in [6.45, 7) is 13.8. The van der Waals surface area contributed by atoms with E-state index in [9.17, 15) is 14.7 Å². The first kappa shape index (κ1) is 33.7. The third kappa shape index (κ3) is 5.55. The van der Waals surface area contributed by atoms with Crippen LogP contribution < -0.4 is 9.47 Å². The maximum absolute atomic E-state index is 13.8. The normalized spacial score (nSPS) is 34.3. The molecule has 3 aliphatic carbocycles. The minimum Gasteiger partial charge on any atom is -0.493 e. The number of ketones is 1. The highest BCUT2D eigenvalue weighted by atomic mass is 16.9. The summed E-state index contributed by atoms with van der Waals surface area (Å²) in [6, 6.07) is 15.2. The number of methoxy groups -OCH3 is 1. The zero-order chi connectivity index (χ0) is 35.0. The number of ether oxygens (including phenoxy) is 6. The molecule has 2 heterocycles. The van der Waals surface area contributed by atoms with Gasteiger partial charge in [-0.15, -0.1) is 0 Å². The van der Waals surface area contributed by atoms with E-state index >= 15 is 0 Å². The van der Waals surface area contributed by atoms with Gasteiger partial charge in [0.05, 0.1) is 25.6 Å². The number of rotatable bonds is 9. The lowest BCUT2D eigenvalue weighted by Crippen LogP contribution is -2.67. The van der Waals surface area contributed by atoms with Gasteiger partial charge in [0.25, 0.3) is 5.97 Å². The van der Waals surface area contributed by atoms with E-state index in [4.69, 9.17) is 28.4 Å². The molecule has 1 N–H and O–H groups in total. The molecule has 2 aromatic rings. The summed E-state index contributed by atoms with van der Waals surface area (Å²) in [6.07, 6.45) is 4.80. The quantitative estimate of drug-likeness (QED) is 0.255. The highest BCUT2D eigenvalue weighted by Gasteiger charge is 2.77. The Hall–Kier alpha value is -3.76. The summed E-state index contributed by atoms with van der Waals surface area (Å²) in [7, 11) is 1.56. The standard InChI is InChI=1S/C40H46O9/c1-24(2)38-15-16-39-29(35(38)47-40(48-38,49-39)22-26-11-9-8-10-12-26)18-28(21-37(43)32(39)17-25(3)34(37)42)23-45-33(41)20-27-13-14-30(31(19-27)44-7)46-36(4,5)6/h8-14,17-19,29,32,35,43H,1,15-16,20-23H2,2-7H3/t29-,32+,35+,37+,38?,39+,40+/m0/s1. The van der Waals surface area contributed by atoms with Gasteiger partial charge < -0.3 is 33.5 Å². The zero-order valence-corrected chi connectivity index (χ0v) is 29.2. The number of benzene rings is 2. The van der Waals surface area contributed by atoms with E-state index in [2.05, 4.69) is 6.58 Å². The number of carbonyl (C=O) groups excluding carboxylic acids is 2. The van der Waals surface area contributed by atoms with E-state index in [0.717, 1.165) is 11.1 Å². The van der Waals surface area contributed by atoms with Gasteiger partial charge in [-0.25, -0.2) is 0 Å². The lowest BCUT2D eigenvalue weighted by atomic mass is 9.59. The SMILES string of the molecule is C=C(C)C12CC[C@@]34O[C@](Cc5ccccc5)(O[C@@H]1[C@@H]3C=C(COC(=O)Cc1ccc(OC(C)(C)C)c(OC)c1)C[C@]1(O)C(=O)C(C)=C[C@@H]41)O2. The van der Waals surface area contributed by atoms with Crippen molar-refractivity contribution < 1.29 is 43.1 Å². The third-order valence-corrected chi connectivity index (χ3v) is 10.7. The van der Waals surface area contributed by atoms with Crippen LogP contribution in [-0.2, 0) is 41.4 Å². The second-order valence-corrected chi connectivity index (χ2v) is 15.4. The highest BCUT2D eigenvalue weighted by Crippen LogP contribution is 2.66. The van der Waals surface area contributed by atoms with Crippen LogP contribution in [0.25, 0.3) is 0 Å². The van der Waals surface area contributed by atoms with E-state index in [1.807, 2.05) is 76.2 Å². The fourth-order valence-corrected chi connectivity index (χ4v) is 8.69. The molecule has 9 heteroatoms. The maximum atomic E-state index is 13.8. The number of fused-ring (bicyclic) bond motifs is 2. The average molecular weight is 671 g/mol. The molecule has 3 bridgehead atoms. The summed E-state index contributed by atoms with van der Waals surface area (Å²) in [5, 5.41) is 12.4. The molecule has 7 rings (SSSR count). The van der Waals surface area contributed by atoms with Crippen molar-refractivity contribution in [3.8, 4) is 11.5 Å². The van der Waals surface area contributed by atoms with Crippen molar-refractivity contribution >= 4 is 11.8 Å². The van der Waals surface area contributed by atoms with Crippen LogP contribution in [0.4, 0.5) is 0 Å². The Balaban J connectivity index is 1.19. The van der Waals surface area contributed by atoms with Crippen molar-refractivity contribution in [2.24, 2.45) is 11.8 Å². The molecule has 1 saturated carbocycles. The first-order valence-corrected chi connectivity index (χ1v) is 17.1. The first-order valence-electron chi connectivity index (χ1n) is 17.1. The number of carbonyl (C=O) groups is 2. The Morgan fingerprint density at radius 1 is 1.04 bits per heavy atom. The summed E-state index contributed by atoms with van der Waals surface area (Å²) >= 11 is 0. The summed E-state index contributed by atoms with van der Waals surface area (Å²) in [4.78, 5) is 27.0. The van der Waals surface area contributed by atoms with Crippen LogP contribution in [0.3, 0.4) is 0 Å². The number of aliphatic hydroxyl groups is 1. The molecule has 0 aromatic heterocycles. The topological polar surface area (TPSA) is 110 Å². The van der Waals surface area contributed by atoms with E-state index < -0.39 is 52.3 Å². The second kappa shape index (κ2) is 11.7. The molecule has 3 fully saturated rings. The molecule has 0 spiro atoms. The second-order valence-electron chi connectivity index (χ2n) is 15.4. The Morgan fingerprint density at radius 2 is 1.80 bits per heavy atom. The number of hydrogen-bond donors (Lipinski definition) is 1. The minimum absolute atomic E-state index is 0.00273. The van der Waals surface area contributed by atoms with Crippen LogP contribution in [0.1, 0.15) is 65.0 Å². The molecule has 5 aliphatic rings. The minimum atomic E-state index is -1.78. The van der Waals surface area contributed by atoms with Gasteiger partial charge in [-0.1, -0.05) is 55.1 Å². The third-order valence-electron chi connectivity index (χ3n) is 10.7. The van der Waals surface area contributed by atoms with Gasteiger partial charge >= 0.3 is 5.97 Å². The van der Waals surface area contributed by atoms with Crippen LogP contribution in [0.15, 0.2) is 84.0 Å². The number of esters is 1. The van der Waals surface area contributed by atoms with Crippen LogP contribution in [0.5, 0.6) is 11.5 Å². The van der Waals surface area contributed by atoms with Crippen molar-refractivity contribution in [1.82, 2.24) is 0 Å². The van der Waals surface area contributed by atoms with Gasteiger partial charge in [0.15, 0.2) is 17.3 Å². The Morgan fingerprint density at radius 3 is 2.49 bits per heavy atom. The van der Waals surface area contributed by atoms with Gasteiger partial charge in [0, 0.05) is 18.3 Å². The zero-order valence-electron chi connectivity index (χ0n) is 29.2. The van der Waals surface area contributed by atoms with Crippen LogP contribution in [-0.4, -0.2) is 65.1 Å². The Bertz CT molecular complexity index is 1750. The van der Waals surface area contributed by atoms with Crippen molar-refractivity contribution in [2.45, 2.75) is 101 Å². The predicted molar refractivity (Wildman–Crippen MR) is 181 cm³/mol. The van der Waals surface area contributed by atoms with Crippen molar-refractivity contribution in [3.05, 3.63) is 95.1 Å². The Labute approximate surface area is 287 Å². The lowest BCUT2D eigenvalue weighted by molar-refractivity contribution is -0.415. The van der Waals surface area contributed by atoms with Gasteiger partial charge in [0.1, 0.15) is 29.5 Å². The monoisotopic (exact) mass is 670 g/mol. The maximum Gasteiger partial charge on any atom is 0.310 e. The summed E-state index contributed by atoms with van der Waals surface area (Å²) in [5.74, 6) is -2.18. The number of hydrogen-bond acceptors (Lipinski definition) is 9. The van der Waals surface area contributed by atoms with Crippen molar-refractivity contribution in [3.63, 3.8) is 0 Å². The molecule has 2 aliphatic heterocycles. The fourth-order valence-electron chi connectivity index (χ4n) is 8.69. The van der Waals surface area contributed by atoms with E-state index in [0.29, 0.717) is 47.5 Å². The molecule has 0 amide bonds. The first-order chi connectivity index (χ1) is 23.1. The van der Waals surface area contributed by atoms with Gasteiger partial charge in [-0.05, 0) is 87.4 Å². The van der Waals surface area contributed by atoms with Gasteiger partial charge in [-0.2, -0.15) is 0 Å². The molecular formula is C40H46O9. The molecule has 49 heavy (non-hydrogen) atoms. The number of Topliss-reactive ketones (excluding diaryl/α,β-unsaturated/α-hetero) is 1. The molecule has 1 unspecified atom stereocenters. The largest absolute Gasteiger partial charge is 0.493 e.